The molecule has 1 aliphatic heterocycles. The Bertz CT molecular complexity index is 209. The van der Waals surface area contributed by atoms with E-state index in [4.69, 9.17) is 0 Å². The molecule has 0 aromatic rings. The van der Waals surface area contributed by atoms with E-state index >= 15 is 0 Å². The summed E-state index contributed by atoms with van der Waals surface area (Å²) < 4.78 is 0. The summed E-state index contributed by atoms with van der Waals surface area (Å²) in [6.07, 6.45) is 4.48. The largest absolute Gasteiger partial charge is 0.301 e. The van der Waals surface area contributed by atoms with Crippen LogP contribution < -0.4 is 0 Å². The summed E-state index contributed by atoms with van der Waals surface area (Å²) in [6, 6.07) is 0.757. The molecule has 0 amide bonds. The van der Waals surface area contributed by atoms with Crippen LogP contribution >= 0.6 is 0 Å². The van der Waals surface area contributed by atoms with Crippen LogP contribution in [0.4, 0.5) is 0 Å². The van der Waals surface area contributed by atoms with Crippen LogP contribution in [-0.4, -0.2) is 24.0 Å². The molecule has 1 saturated heterocycles. The van der Waals surface area contributed by atoms with Gasteiger partial charge in [0.2, 0.25) is 0 Å². The highest BCUT2D eigenvalue weighted by Crippen LogP contribution is 2.46. The van der Waals surface area contributed by atoms with Gasteiger partial charge in [-0.1, -0.05) is 13.8 Å². The highest BCUT2D eigenvalue weighted by atomic mass is 15.2. The summed E-state index contributed by atoms with van der Waals surface area (Å²) in [4.78, 5) is 2.67. The average molecular weight is 209 g/mol. The topological polar surface area (TPSA) is 3.24 Å². The Morgan fingerprint density at radius 3 is 2.13 bits per heavy atom. The second-order valence-electron chi connectivity index (χ2n) is 6.29. The first-order valence-corrected chi connectivity index (χ1v) is 6.83. The summed E-state index contributed by atoms with van der Waals surface area (Å²) >= 11 is 0. The Morgan fingerprint density at radius 1 is 1.00 bits per heavy atom. The molecule has 2 aliphatic rings. The third kappa shape index (κ3) is 2.22. The molecule has 0 bridgehead atoms. The van der Waals surface area contributed by atoms with Gasteiger partial charge < -0.3 is 4.90 Å². The van der Waals surface area contributed by atoms with E-state index in [1.807, 2.05) is 0 Å². The predicted molar refractivity (Wildman–Crippen MR) is 65.9 cm³/mol. The van der Waals surface area contributed by atoms with Crippen LogP contribution in [0.1, 0.15) is 47.0 Å². The number of rotatable bonds is 3. The Labute approximate surface area is 95.2 Å². The predicted octanol–water partition coefficient (Wildman–Crippen LogP) is 3.40. The molecule has 1 nitrogen and oxygen atoms in total. The van der Waals surface area contributed by atoms with Crippen LogP contribution in [-0.2, 0) is 0 Å². The minimum Gasteiger partial charge on any atom is -0.301 e. The van der Waals surface area contributed by atoms with E-state index in [0.717, 1.165) is 29.7 Å². The Balaban J connectivity index is 1.86. The SMILES string of the molecule is CC(C)C1CCC1C1CCN(C(C)C)C1. The second kappa shape index (κ2) is 4.45. The monoisotopic (exact) mass is 209 g/mol. The number of hydrogen-bond donors (Lipinski definition) is 0. The molecule has 0 N–H and O–H groups in total. The van der Waals surface area contributed by atoms with E-state index in [1.165, 1.54) is 32.4 Å². The highest BCUT2D eigenvalue weighted by Gasteiger charge is 2.41. The third-order valence-electron chi connectivity index (χ3n) is 4.83. The summed E-state index contributed by atoms with van der Waals surface area (Å²) in [6.45, 7) is 12.2. The van der Waals surface area contributed by atoms with E-state index in [9.17, 15) is 0 Å². The minimum atomic E-state index is 0.757. The molecule has 3 atom stereocenters. The van der Waals surface area contributed by atoms with Crippen molar-refractivity contribution in [2.24, 2.45) is 23.7 Å². The first kappa shape index (κ1) is 11.4. The third-order valence-corrected chi connectivity index (χ3v) is 4.83. The fourth-order valence-corrected chi connectivity index (χ4v) is 3.60. The summed E-state index contributed by atoms with van der Waals surface area (Å²) in [5.41, 5.74) is 0. The standard InChI is InChI=1S/C14H27N/c1-10(2)13-5-6-14(13)12-7-8-15(9-12)11(3)4/h10-14H,5-9H2,1-4H3. The lowest BCUT2D eigenvalue weighted by Crippen LogP contribution is -2.38. The van der Waals surface area contributed by atoms with E-state index < -0.39 is 0 Å². The van der Waals surface area contributed by atoms with E-state index in [1.54, 1.807) is 0 Å². The van der Waals surface area contributed by atoms with Crippen molar-refractivity contribution in [1.82, 2.24) is 4.90 Å². The molecule has 2 rings (SSSR count). The van der Waals surface area contributed by atoms with Crippen molar-refractivity contribution in [3.05, 3.63) is 0 Å². The zero-order chi connectivity index (χ0) is 11.0. The molecule has 0 aromatic carbocycles. The smallest absolute Gasteiger partial charge is 0.00387 e. The first-order valence-electron chi connectivity index (χ1n) is 6.83. The first-order chi connectivity index (χ1) is 7.09. The maximum absolute atomic E-state index is 2.67. The molecule has 1 aliphatic carbocycles. The number of likely N-dealkylation sites (tertiary alicyclic amines) is 1. The van der Waals surface area contributed by atoms with Crippen molar-refractivity contribution in [3.8, 4) is 0 Å². The van der Waals surface area contributed by atoms with Gasteiger partial charge >= 0.3 is 0 Å². The molecule has 0 radical (unpaired) electrons. The zero-order valence-electron chi connectivity index (χ0n) is 10.9. The van der Waals surface area contributed by atoms with Gasteiger partial charge in [0.1, 0.15) is 0 Å². The summed E-state index contributed by atoms with van der Waals surface area (Å²) in [5.74, 6) is 4.04. The molecular formula is C14H27N. The molecule has 2 fully saturated rings. The van der Waals surface area contributed by atoms with Crippen LogP contribution in [0, 0.1) is 23.7 Å². The van der Waals surface area contributed by atoms with E-state index in [2.05, 4.69) is 32.6 Å². The number of nitrogens with zero attached hydrogens (tertiary/aromatic N) is 1. The van der Waals surface area contributed by atoms with Crippen LogP contribution in [0.25, 0.3) is 0 Å². The van der Waals surface area contributed by atoms with Crippen LogP contribution in [0.5, 0.6) is 0 Å². The molecular weight excluding hydrogens is 182 g/mol. The molecule has 15 heavy (non-hydrogen) atoms. The van der Waals surface area contributed by atoms with Crippen molar-refractivity contribution >= 4 is 0 Å². The quantitative estimate of drug-likeness (QED) is 0.688. The lowest BCUT2D eigenvalue weighted by atomic mass is 9.62. The van der Waals surface area contributed by atoms with Crippen molar-refractivity contribution in [3.63, 3.8) is 0 Å². The van der Waals surface area contributed by atoms with Crippen LogP contribution in [0.2, 0.25) is 0 Å². The molecule has 3 unspecified atom stereocenters. The fourth-order valence-electron chi connectivity index (χ4n) is 3.60. The van der Waals surface area contributed by atoms with Crippen molar-refractivity contribution < 1.29 is 0 Å². The minimum absolute atomic E-state index is 0.757. The van der Waals surface area contributed by atoms with Crippen LogP contribution in [0.3, 0.4) is 0 Å². The van der Waals surface area contributed by atoms with Gasteiger partial charge in [0, 0.05) is 12.6 Å². The Morgan fingerprint density at radius 2 is 1.73 bits per heavy atom. The van der Waals surface area contributed by atoms with Gasteiger partial charge in [0.25, 0.3) is 0 Å². The normalized spacial score (nSPS) is 37.6. The molecule has 88 valence electrons. The van der Waals surface area contributed by atoms with E-state index in [0.29, 0.717) is 0 Å². The Kier molecular flexibility index (Phi) is 3.39. The molecule has 1 heteroatoms. The molecule has 1 saturated carbocycles. The van der Waals surface area contributed by atoms with Crippen molar-refractivity contribution in [2.75, 3.05) is 13.1 Å². The van der Waals surface area contributed by atoms with Gasteiger partial charge in [-0.25, -0.2) is 0 Å². The van der Waals surface area contributed by atoms with Gasteiger partial charge in [0.15, 0.2) is 0 Å². The lowest BCUT2D eigenvalue weighted by Gasteiger charge is -2.43. The van der Waals surface area contributed by atoms with Gasteiger partial charge in [0.05, 0.1) is 0 Å². The molecule has 1 heterocycles. The van der Waals surface area contributed by atoms with Crippen molar-refractivity contribution in [2.45, 2.75) is 53.0 Å². The molecule has 0 aromatic heterocycles. The average Bonchev–Trinajstić information content (AvgIpc) is 2.49. The van der Waals surface area contributed by atoms with Gasteiger partial charge in [-0.2, -0.15) is 0 Å². The van der Waals surface area contributed by atoms with Gasteiger partial charge in [-0.05, 0) is 63.3 Å². The maximum Gasteiger partial charge on any atom is 0.00387 e. The molecule has 0 spiro atoms. The second-order valence-corrected chi connectivity index (χ2v) is 6.29. The Hall–Kier alpha value is -0.0400. The fraction of sp³-hybridized carbons (Fsp3) is 1.00. The maximum atomic E-state index is 2.67. The summed E-state index contributed by atoms with van der Waals surface area (Å²) in [5, 5.41) is 0. The summed E-state index contributed by atoms with van der Waals surface area (Å²) in [7, 11) is 0. The van der Waals surface area contributed by atoms with Gasteiger partial charge in [-0.3, -0.25) is 0 Å². The highest BCUT2D eigenvalue weighted by molar-refractivity contribution is 4.92. The van der Waals surface area contributed by atoms with Crippen LogP contribution in [0.15, 0.2) is 0 Å². The van der Waals surface area contributed by atoms with Crippen molar-refractivity contribution in [1.29, 1.82) is 0 Å². The zero-order valence-corrected chi connectivity index (χ0v) is 10.9. The lowest BCUT2D eigenvalue weighted by molar-refractivity contribution is 0.0656. The van der Waals surface area contributed by atoms with Gasteiger partial charge in [-0.15, -0.1) is 0 Å². The number of hydrogen-bond acceptors (Lipinski definition) is 1. The van der Waals surface area contributed by atoms with E-state index in [-0.39, 0.29) is 0 Å².